The molecule has 0 spiro atoms. The Morgan fingerprint density at radius 3 is 2.81 bits per heavy atom. The van der Waals surface area contributed by atoms with E-state index in [-0.39, 0.29) is 22.7 Å². The van der Waals surface area contributed by atoms with Crippen molar-refractivity contribution < 1.29 is 14.5 Å². The lowest BCUT2D eigenvalue weighted by molar-refractivity contribution is -0.384. The van der Waals surface area contributed by atoms with Gasteiger partial charge in [-0.05, 0) is 38.0 Å². The number of thiocarbonyl (C=S) groups is 1. The van der Waals surface area contributed by atoms with Crippen LogP contribution in [0.15, 0.2) is 23.3 Å². The van der Waals surface area contributed by atoms with Crippen molar-refractivity contribution in [3.8, 4) is 0 Å². The van der Waals surface area contributed by atoms with Crippen LogP contribution in [-0.4, -0.2) is 41.9 Å². The fourth-order valence-electron chi connectivity index (χ4n) is 2.82. The molecular weight excluding hydrogens is 358 g/mol. The largest absolute Gasteiger partial charge is 0.466 e. The van der Waals surface area contributed by atoms with E-state index in [1.807, 2.05) is 4.90 Å². The lowest BCUT2D eigenvalue weighted by atomic mass is 9.96. The van der Waals surface area contributed by atoms with Gasteiger partial charge in [0.05, 0.1) is 23.7 Å². The number of hydrogen-bond acceptors (Lipinski definition) is 7. The number of rotatable bonds is 6. The number of nitrogens with zero attached hydrogens (tertiary/aromatic N) is 3. The molecule has 1 saturated heterocycles. The molecule has 1 aromatic rings. The minimum atomic E-state index is -0.425. The summed E-state index contributed by atoms with van der Waals surface area (Å²) in [7, 11) is 0. The zero-order valence-electron chi connectivity index (χ0n) is 14.4. The van der Waals surface area contributed by atoms with Gasteiger partial charge in [-0.2, -0.15) is 5.10 Å². The molecule has 0 unspecified atom stereocenters. The maximum atomic E-state index is 11.8. The number of anilines is 1. The SMILES string of the molecule is CCOC(=O)C1CCN(c2ccc(C=NNC(N)=S)cc2[N+](=O)[O-])CC1. The molecule has 0 radical (unpaired) electrons. The van der Waals surface area contributed by atoms with Crippen LogP contribution in [0.2, 0.25) is 0 Å². The van der Waals surface area contributed by atoms with Gasteiger partial charge in [-0.25, -0.2) is 0 Å². The molecule has 0 aliphatic carbocycles. The highest BCUT2D eigenvalue weighted by atomic mass is 32.1. The number of esters is 1. The molecule has 9 nitrogen and oxygen atoms in total. The second kappa shape index (κ2) is 9.09. The van der Waals surface area contributed by atoms with Crippen LogP contribution in [0.3, 0.4) is 0 Å². The molecule has 0 aromatic heterocycles. The summed E-state index contributed by atoms with van der Waals surface area (Å²) in [5, 5.41) is 15.3. The van der Waals surface area contributed by atoms with Gasteiger partial charge in [0.1, 0.15) is 5.69 Å². The number of hydrogen-bond donors (Lipinski definition) is 2. The van der Waals surface area contributed by atoms with Crippen LogP contribution in [0.25, 0.3) is 0 Å². The summed E-state index contributed by atoms with van der Waals surface area (Å²) >= 11 is 4.63. The lowest BCUT2D eigenvalue weighted by Gasteiger charge is -2.32. The van der Waals surface area contributed by atoms with Crippen molar-refractivity contribution in [2.45, 2.75) is 19.8 Å². The predicted octanol–water partition coefficient (Wildman–Crippen LogP) is 1.54. The normalized spacial score (nSPS) is 15.0. The number of carbonyl (C=O) groups excluding carboxylic acids is 1. The molecule has 140 valence electrons. The van der Waals surface area contributed by atoms with Crippen molar-refractivity contribution in [3.63, 3.8) is 0 Å². The van der Waals surface area contributed by atoms with E-state index in [4.69, 9.17) is 10.5 Å². The zero-order valence-corrected chi connectivity index (χ0v) is 15.2. The average molecular weight is 379 g/mol. The van der Waals surface area contributed by atoms with E-state index in [0.29, 0.717) is 43.8 Å². The van der Waals surface area contributed by atoms with Crippen LogP contribution in [0, 0.1) is 16.0 Å². The van der Waals surface area contributed by atoms with E-state index in [9.17, 15) is 14.9 Å². The molecule has 1 aliphatic heterocycles. The van der Waals surface area contributed by atoms with Gasteiger partial charge in [0.2, 0.25) is 0 Å². The van der Waals surface area contributed by atoms with Gasteiger partial charge < -0.3 is 15.4 Å². The number of nitrogens with one attached hydrogen (secondary N) is 1. The van der Waals surface area contributed by atoms with Crippen LogP contribution in [0.1, 0.15) is 25.3 Å². The van der Waals surface area contributed by atoms with E-state index in [1.165, 1.54) is 12.3 Å². The van der Waals surface area contributed by atoms with Crippen LogP contribution in [0.4, 0.5) is 11.4 Å². The van der Waals surface area contributed by atoms with E-state index in [2.05, 4.69) is 22.7 Å². The van der Waals surface area contributed by atoms with E-state index in [1.54, 1.807) is 19.1 Å². The number of piperidine rings is 1. The fourth-order valence-corrected chi connectivity index (χ4v) is 2.87. The van der Waals surface area contributed by atoms with Crippen molar-refractivity contribution in [2.75, 3.05) is 24.6 Å². The second-order valence-corrected chi connectivity index (χ2v) is 6.19. The van der Waals surface area contributed by atoms with Gasteiger partial charge in [0, 0.05) is 24.7 Å². The minimum absolute atomic E-state index is 0.0110. The van der Waals surface area contributed by atoms with Gasteiger partial charge in [0.25, 0.3) is 5.69 Å². The van der Waals surface area contributed by atoms with Crippen molar-refractivity contribution in [2.24, 2.45) is 16.8 Å². The first-order valence-electron chi connectivity index (χ1n) is 8.21. The maximum absolute atomic E-state index is 11.8. The molecule has 10 heteroatoms. The number of ether oxygens (including phenoxy) is 1. The number of nitrogens with two attached hydrogens (primary N) is 1. The third-order valence-corrected chi connectivity index (χ3v) is 4.13. The Morgan fingerprint density at radius 2 is 2.23 bits per heavy atom. The molecule has 0 bridgehead atoms. The molecule has 3 N–H and O–H groups in total. The highest BCUT2D eigenvalue weighted by molar-refractivity contribution is 7.80. The molecule has 1 fully saturated rings. The topological polar surface area (TPSA) is 123 Å². The number of hydrazone groups is 1. The summed E-state index contributed by atoms with van der Waals surface area (Å²) in [6.07, 6.45) is 2.62. The number of carbonyl (C=O) groups is 1. The summed E-state index contributed by atoms with van der Waals surface area (Å²) in [6, 6.07) is 4.85. The van der Waals surface area contributed by atoms with E-state index >= 15 is 0 Å². The summed E-state index contributed by atoms with van der Waals surface area (Å²) in [6.45, 7) is 3.25. The molecule has 0 atom stereocenters. The molecule has 0 amide bonds. The highest BCUT2D eigenvalue weighted by Gasteiger charge is 2.29. The summed E-state index contributed by atoms with van der Waals surface area (Å²) < 4.78 is 5.05. The van der Waals surface area contributed by atoms with Crippen LogP contribution in [0.5, 0.6) is 0 Å². The molecule has 0 saturated carbocycles. The number of nitro benzene ring substituents is 1. The standard InChI is InChI=1S/C16H21N5O4S/c1-2-25-15(22)12-5-7-20(8-6-12)13-4-3-11(9-14(13)21(23)24)10-18-19-16(17)26/h3-4,9-10,12H,2,5-8H2,1H3,(H3,17,19,26). The van der Waals surface area contributed by atoms with Gasteiger partial charge in [-0.1, -0.05) is 6.07 Å². The lowest BCUT2D eigenvalue weighted by Crippen LogP contribution is -2.37. The van der Waals surface area contributed by atoms with Crippen molar-refractivity contribution >= 4 is 40.9 Å². The van der Waals surface area contributed by atoms with Crippen LogP contribution in [-0.2, 0) is 9.53 Å². The van der Waals surface area contributed by atoms with Crippen LogP contribution < -0.4 is 16.1 Å². The molecule has 1 heterocycles. The third-order valence-electron chi connectivity index (χ3n) is 4.04. The first-order chi connectivity index (χ1) is 12.4. The van der Waals surface area contributed by atoms with Gasteiger partial charge in [0.15, 0.2) is 5.11 Å². The molecular formula is C16H21N5O4S. The first kappa shape index (κ1) is 19.6. The average Bonchev–Trinajstić information content (AvgIpc) is 2.61. The molecule has 2 rings (SSSR count). The Bertz CT molecular complexity index is 717. The predicted molar refractivity (Wildman–Crippen MR) is 102 cm³/mol. The Morgan fingerprint density at radius 1 is 1.54 bits per heavy atom. The van der Waals surface area contributed by atoms with Gasteiger partial charge >= 0.3 is 5.97 Å². The number of nitro groups is 1. The monoisotopic (exact) mass is 379 g/mol. The van der Waals surface area contributed by atoms with Crippen LogP contribution >= 0.6 is 12.2 Å². The highest BCUT2D eigenvalue weighted by Crippen LogP contribution is 2.32. The Kier molecular flexibility index (Phi) is 6.84. The summed E-state index contributed by atoms with van der Waals surface area (Å²) in [4.78, 5) is 24.8. The minimum Gasteiger partial charge on any atom is -0.466 e. The number of benzene rings is 1. The van der Waals surface area contributed by atoms with Crippen molar-refractivity contribution in [1.29, 1.82) is 0 Å². The van der Waals surface area contributed by atoms with Gasteiger partial charge in [-0.15, -0.1) is 0 Å². The molecule has 26 heavy (non-hydrogen) atoms. The quantitative estimate of drug-likeness (QED) is 0.251. The summed E-state index contributed by atoms with van der Waals surface area (Å²) in [5.74, 6) is -0.346. The Labute approximate surface area is 156 Å². The molecule has 1 aliphatic rings. The van der Waals surface area contributed by atoms with Gasteiger partial charge in [-0.3, -0.25) is 20.3 Å². The smallest absolute Gasteiger partial charge is 0.309 e. The van der Waals surface area contributed by atoms with Crippen molar-refractivity contribution in [3.05, 3.63) is 33.9 Å². The fraction of sp³-hybridized carbons (Fsp3) is 0.438. The van der Waals surface area contributed by atoms with Crippen molar-refractivity contribution in [1.82, 2.24) is 5.43 Å². The second-order valence-electron chi connectivity index (χ2n) is 5.75. The van der Waals surface area contributed by atoms with E-state index in [0.717, 1.165) is 0 Å². The summed E-state index contributed by atoms with van der Waals surface area (Å²) in [5.41, 5.74) is 8.72. The maximum Gasteiger partial charge on any atom is 0.309 e. The first-order valence-corrected chi connectivity index (χ1v) is 8.61. The Hall–Kier alpha value is -2.75. The van der Waals surface area contributed by atoms with E-state index < -0.39 is 4.92 Å². The third kappa shape index (κ3) is 5.12. The Balaban J connectivity index is 2.12. The zero-order chi connectivity index (χ0) is 19.1. The molecule has 1 aromatic carbocycles.